The molecule has 0 fully saturated rings. The van der Waals surface area contributed by atoms with Crippen molar-refractivity contribution in [3.63, 3.8) is 0 Å². The van der Waals surface area contributed by atoms with Crippen molar-refractivity contribution in [2.45, 2.75) is 58.5 Å². The Morgan fingerprint density at radius 1 is 1.27 bits per heavy atom. The summed E-state index contributed by atoms with van der Waals surface area (Å²) in [5, 5.41) is 0. The Balaban J connectivity index is 4.04. The molecule has 0 saturated heterocycles. The topological polar surface area (TPSA) is 20.2 Å². The Morgan fingerprint density at radius 2 is 1.93 bits per heavy atom. The van der Waals surface area contributed by atoms with E-state index in [1.54, 1.807) is 0 Å². The lowest BCUT2D eigenvalue weighted by atomic mass is 10.1. The predicted molar refractivity (Wildman–Crippen MR) is 71.4 cm³/mol. The summed E-state index contributed by atoms with van der Waals surface area (Å²) in [6.45, 7) is 9.92. The van der Waals surface area contributed by atoms with Gasteiger partial charge in [-0.3, -0.25) is 0 Å². The first-order valence-corrected chi connectivity index (χ1v) is 9.06. The van der Waals surface area contributed by atoms with E-state index in [4.69, 9.17) is 0 Å². The van der Waals surface area contributed by atoms with Crippen molar-refractivity contribution in [1.82, 2.24) is 0 Å². The van der Waals surface area contributed by atoms with Gasteiger partial charge in [0, 0.05) is 0 Å². The van der Waals surface area contributed by atoms with Crippen molar-refractivity contribution < 1.29 is 4.80 Å². The molecule has 0 unspecified atom stereocenters. The Hall–Kier alpha value is -0.343. The van der Waals surface area contributed by atoms with Gasteiger partial charge in [0.25, 0.3) is 0 Å². The van der Waals surface area contributed by atoms with Gasteiger partial charge in [-0.05, 0) is 32.4 Å². The van der Waals surface area contributed by atoms with Crippen LogP contribution in [0.4, 0.5) is 0 Å². The Bertz CT molecular complexity index is 201. The molecule has 0 aliphatic carbocycles. The lowest BCUT2D eigenvalue weighted by Gasteiger charge is -2.12. The van der Waals surface area contributed by atoms with Gasteiger partial charge < -0.3 is 4.80 Å². The summed E-state index contributed by atoms with van der Waals surface area (Å²) in [4.78, 5) is 9.85. The van der Waals surface area contributed by atoms with Gasteiger partial charge in [0.15, 0.2) is 0 Å². The van der Waals surface area contributed by atoms with E-state index >= 15 is 0 Å². The lowest BCUT2D eigenvalue weighted by Crippen LogP contribution is -2.22. The second kappa shape index (κ2) is 7.89. The van der Waals surface area contributed by atoms with E-state index in [2.05, 4.69) is 19.2 Å². The maximum absolute atomic E-state index is 9.85. The van der Waals surface area contributed by atoms with Crippen LogP contribution < -0.4 is 0 Å². The third-order valence-corrected chi connectivity index (χ3v) is 3.43. The smallest absolute Gasteiger partial charge is 0.206 e. The molecule has 0 rings (SSSR count). The summed E-state index contributed by atoms with van der Waals surface area (Å²) in [6.07, 6.45) is 9.15. The monoisotopic (exact) mass is 226 g/mol. The molecule has 0 amide bonds. The molecule has 0 spiro atoms. The zero-order valence-corrected chi connectivity index (χ0v) is 11.6. The first kappa shape index (κ1) is 14.7. The molecule has 0 aromatic heterocycles. The van der Waals surface area contributed by atoms with Crippen LogP contribution in [0.3, 0.4) is 0 Å². The van der Waals surface area contributed by atoms with E-state index in [-0.39, 0.29) is 0 Å². The van der Waals surface area contributed by atoms with Crippen molar-refractivity contribution in [2.24, 2.45) is 0 Å². The lowest BCUT2D eigenvalue weighted by molar-refractivity contribution is 0.565. The van der Waals surface area contributed by atoms with E-state index in [0.717, 1.165) is 12.8 Å². The SMILES string of the molecule is C=CC/C(=C/[Si](C)(C)O)CCCCCC. The molecule has 0 aliphatic heterocycles. The van der Waals surface area contributed by atoms with E-state index in [9.17, 15) is 4.80 Å². The molecular formula is C13H26OSi. The summed E-state index contributed by atoms with van der Waals surface area (Å²) in [6, 6.07) is 0. The fourth-order valence-corrected chi connectivity index (χ4v) is 2.96. The average molecular weight is 226 g/mol. The van der Waals surface area contributed by atoms with Crippen LogP contribution in [0, 0.1) is 0 Å². The maximum atomic E-state index is 9.85. The average Bonchev–Trinajstić information content (AvgIpc) is 2.10. The maximum Gasteiger partial charge on any atom is 0.206 e. The molecule has 88 valence electrons. The van der Waals surface area contributed by atoms with Gasteiger partial charge in [0.2, 0.25) is 8.32 Å². The number of hydrogen-bond acceptors (Lipinski definition) is 1. The van der Waals surface area contributed by atoms with E-state index in [0.29, 0.717) is 0 Å². The number of unbranched alkanes of at least 4 members (excludes halogenated alkanes) is 3. The van der Waals surface area contributed by atoms with Gasteiger partial charge >= 0.3 is 0 Å². The number of allylic oxidation sites excluding steroid dienone is 2. The van der Waals surface area contributed by atoms with Crippen molar-refractivity contribution in [3.8, 4) is 0 Å². The minimum absolute atomic E-state index is 0.934. The highest BCUT2D eigenvalue weighted by molar-refractivity contribution is 6.75. The van der Waals surface area contributed by atoms with Crippen LogP contribution in [0.25, 0.3) is 0 Å². The molecule has 0 bridgehead atoms. The molecule has 1 nitrogen and oxygen atoms in total. The highest BCUT2D eigenvalue weighted by Gasteiger charge is 2.13. The minimum Gasteiger partial charge on any atom is -0.428 e. The second-order valence-electron chi connectivity index (χ2n) is 4.76. The van der Waals surface area contributed by atoms with Crippen LogP contribution in [-0.2, 0) is 0 Å². The zero-order valence-electron chi connectivity index (χ0n) is 10.6. The fourth-order valence-electron chi connectivity index (χ4n) is 1.70. The molecule has 0 radical (unpaired) electrons. The Kier molecular flexibility index (Phi) is 7.70. The summed E-state index contributed by atoms with van der Waals surface area (Å²) in [5.41, 5.74) is 3.49. The van der Waals surface area contributed by atoms with Crippen LogP contribution >= 0.6 is 0 Å². The molecule has 0 saturated carbocycles. The van der Waals surface area contributed by atoms with Crippen molar-refractivity contribution in [3.05, 3.63) is 23.9 Å². The Labute approximate surface area is 96.0 Å². The van der Waals surface area contributed by atoms with Crippen molar-refractivity contribution in [2.75, 3.05) is 0 Å². The van der Waals surface area contributed by atoms with Gasteiger partial charge in [-0.2, -0.15) is 0 Å². The first-order chi connectivity index (χ1) is 6.99. The van der Waals surface area contributed by atoms with Gasteiger partial charge in [-0.15, -0.1) is 6.58 Å². The predicted octanol–water partition coefficient (Wildman–Crippen LogP) is 4.20. The third-order valence-electron chi connectivity index (χ3n) is 2.32. The van der Waals surface area contributed by atoms with Crippen molar-refractivity contribution in [1.29, 1.82) is 0 Å². The minimum atomic E-state index is -2.04. The quantitative estimate of drug-likeness (QED) is 0.374. The van der Waals surface area contributed by atoms with E-state index < -0.39 is 8.32 Å². The van der Waals surface area contributed by atoms with Crippen molar-refractivity contribution >= 4 is 8.32 Å². The standard InChI is InChI=1S/C13H26OSi/c1-5-7-8-9-11-13(10-6-2)12-15(3,4)14/h6,12,14H,2,5,7-11H2,1,3-4H3/b13-12-. The number of rotatable bonds is 8. The summed E-state index contributed by atoms with van der Waals surface area (Å²) in [7, 11) is -2.04. The summed E-state index contributed by atoms with van der Waals surface area (Å²) >= 11 is 0. The van der Waals surface area contributed by atoms with Crippen LogP contribution in [0.2, 0.25) is 13.1 Å². The van der Waals surface area contributed by atoms with Crippen LogP contribution in [0.15, 0.2) is 23.9 Å². The fraction of sp³-hybridized carbons (Fsp3) is 0.692. The van der Waals surface area contributed by atoms with Crippen LogP contribution in [0.5, 0.6) is 0 Å². The molecule has 0 atom stereocenters. The molecule has 0 aromatic rings. The highest BCUT2D eigenvalue weighted by Crippen LogP contribution is 2.16. The highest BCUT2D eigenvalue weighted by atomic mass is 28.4. The number of hydrogen-bond donors (Lipinski definition) is 1. The molecule has 1 N–H and O–H groups in total. The normalized spacial score (nSPS) is 12.9. The second-order valence-corrected chi connectivity index (χ2v) is 8.36. The summed E-state index contributed by atoms with van der Waals surface area (Å²) < 4.78 is 0. The van der Waals surface area contributed by atoms with Gasteiger partial charge in [-0.1, -0.05) is 43.5 Å². The van der Waals surface area contributed by atoms with Crippen LogP contribution in [0.1, 0.15) is 45.4 Å². The molecule has 0 aliphatic rings. The molecule has 0 aromatic carbocycles. The summed E-state index contributed by atoms with van der Waals surface area (Å²) in [5.74, 6) is 0. The molecule has 0 heterocycles. The van der Waals surface area contributed by atoms with Gasteiger partial charge in [0.1, 0.15) is 0 Å². The Morgan fingerprint density at radius 3 is 2.40 bits per heavy atom. The molecular weight excluding hydrogens is 200 g/mol. The van der Waals surface area contributed by atoms with E-state index in [1.807, 2.05) is 19.2 Å². The third kappa shape index (κ3) is 9.95. The largest absolute Gasteiger partial charge is 0.428 e. The first-order valence-electron chi connectivity index (χ1n) is 6.03. The van der Waals surface area contributed by atoms with Gasteiger partial charge in [-0.25, -0.2) is 0 Å². The van der Waals surface area contributed by atoms with Gasteiger partial charge in [0.05, 0.1) is 0 Å². The van der Waals surface area contributed by atoms with Crippen LogP contribution in [-0.4, -0.2) is 13.1 Å². The molecule has 2 heteroatoms. The zero-order chi connectivity index (χ0) is 11.7. The van der Waals surface area contributed by atoms with E-state index in [1.165, 1.54) is 31.3 Å². The molecule has 15 heavy (non-hydrogen) atoms.